The van der Waals surface area contributed by atoms with Crippen molar-refractivity contribution in [2.75, 3.05) is 0 Å². The lowest BCUT2D eigenvalue weighted by Crippen LogP contribution is -2.01. The van der Waals surface area contributed by atoms with Gasteiger partial charge < -0.3 is 0 Å². The minimum atomic E-state index is 0.758. The van der Waals surface area contributed by atoms with Gasteiger partial charge >= 0.3 is 0 Å². The molecule has 1 aromatic rings. The number of aryl methyl sites for hydroxylation is 1. The van der Waals surface area contributed by atoms with E-state index < -0.39 is 0 Å². The van der Waals surface area contributed by atoms with Crippen molar-refractivity contribution in [3.63, 3.8) is 0 Å². The van der Waals surface area contributed by atoms with E-state index in [9.17, 15) is 0 Å². The third-order valence-corrected chi connectivity index (χ3v) is 5.32. The van der Waals surface area contributed by atoms with Gasteiger partial charge in [-0.2, -0.15) is 0 Å². The van der Waals surface area contributed by atoms with Crippen LogP contribution < -0.4 is 0 Å². The Morgan fingerprint density at radius 2 is 2.23 bits per heavy atom. The van der Waals surface area contributed by atoms with Crippen molar-refractivity contribution in [1.82, 2.24) is 0 Å². The molecule has 0 aromatic carbocycles. The average Bonchev–Trinajstić information content (AvgIpc) is 2.87. The van der Waals surface area contributed by atoms with E-state index in [0.29, 0.717) is 0 Å². The fraction of sp³-hybridized carbons (Fsp3) is 0.600. The van der Waals surface area contributed by atoms with Crippen molar-refractivity contribution in [1.29, 1.82) is 0 Å². The maximum atomic E-state index is 3.76. The molecule has 72 valence electrons. The molecule has 0 bridgehead atoms. The van der Waals surface area contributed by atoms with Crippen molar-refractivity contribution >= 4 is 43.2 Å². The lowest BCUT2D eigenvalue weighted by Gasteiger charge is -2.05. The third-order valence-electron chi connectivity index (χ3n) is 2.43. The highest BCUT2D eigenvalue weighted by molar-refractivity contribution is 9.11. The molecule has 0 aliphatic heterocycles. The first-order chi connectivity index (χ1) is 6.25. The molecule has 0 nitrogen and oxygen atoms in total. The quantitative estimate of drug-likeness (QED) is 0.709. The highest BCUT2D eigenvalue weighted by Crippen LogP contribution is 2.39. The molecule has 2 rings (SSSR count). The smallest absolute Gasteiger partial charge is 0.0701 e. The SMILES string of the molecule is Brc1ccc(CCC(Br)C2CC2)s1. The van der Waals surface area contributed by atoms with E-state index in [1.165, 1.54) is 34.3 Å². The van der Waals surface area contributed by atoms with Gasteiger partial charge in [0.1, 0.15) is 0 Å². The van der Waals surface area contributed by atoms with Gasteiger partial charge in [0.15, 0.2) is 0 Å². The molecule has 1 aliphatic rings. The maximum absolute atomic E-state index is 3.76. The molecule has 0 spiro atoms. The number of thiophene rings is 1. The summed E-state index contributed by atoms with van der Waals surface area (Å²) in [5, 5.41) is 0. The van der Waals surface area contributed by atoms with E-state index in [1.807, 2.05) is 11.3 Å². The highest BCUT2D eigenvalue weighted by atomic mass is 79.9. The molecule has 1 atom stereocenters. The molecule has 0 saturated heterocycles. The zero-order valence-electron chi connectivity index (χ0n) is 7.30. The van der Waals surface area contributed by atoms with E-state index in [0.717, 1.165) is 10.7 Å². The normalized spacial score (nSPS) is 18.9. The largest absolute Gasteiger partial charge is 0.133 e. The molecule has 1 aromatic heterocycles. The van der Waals surface area contributed by atoms with Gasteiger partial charge in [-0.3, -0.25) is 0 Å². The van der Waals surface area contributed by atoms with E-state index in [-0.39, 0.29) is 0 Å². The van der Waals surface area contributed by atoms with Gasteiger partial charge in [-0.1, -0.05) is 15.9 Å². The van der Waals surface area contributed by atoms with Gasteiger partial charge in [0.2, 0.25) is 0 Å². The van der Waals surface area contributed by atoms with Gasteiger partial charge in [-0.05, 0) is 59.7 Å². The molecule has 1 aliphatic carbocycles. The first-order valence-electron chi connectivity index (χ1n) is 4.64. The minimum absolute atomic E-state index is 0.758. The molecular formula is C10H12Br2S. The third kappa shape index (κ3) is 3.07. The highest BCUT2D eigenvalue weighted by Gasteiger charge is 2.28. The second kappa shape index (κ2) is 4.45. The molecule has 1 saturated carbocycles. The van der Waals surface area contributed by atoms with Crippen LogP contribution in [0.5, 0.6) is 0 Å². The van der Waals surface area contributed by atoms with Crippen LogP contribution in [0.4, 0.5) is 0 Å². The molecule has 1 unspecified atom stereocenters. The average molecular weight is 324 g/mol. The monoisotopic (exact) mass is 322 g/mol. The number of rotatable bonds is 4. The molecule has 13 heavy (non-hydrogen) atoms. The lowest BCUT2D eigenvalue weighted by molar-refractivity contribution is 0.701. The summed E-state index contributed by atoms with van der Waals surface area (Å²) >= 11 is 9.11. The van der Waals surface area contributed by atoms with E-state index in [2.05, 4.69) is 44.0 Å². The summed E-state index contributed by atoms with van der Waals surface area (Å²) in [6.07, 6.45) is 5.38. The van der Waals surface area contributed by atoms with E-state index in [4.69, 9.17) is 0 Å². The predicted molar refractivity (Wildman–Crippen MR) is 65.8 cm³/mol. The maximum Gasteiger partial charge on any atom is 0.0701 e. The first kappa shape index (κ1) is 10.2. The van der Waals surface area contributed by atoms with E-state index in [1.54, 1.807) is 0 Å². The number of hydrogen-bond donors (Lipinski definition) is 0. The van der Waals surface area contributed by atoms with Crippen LogP contribution in [0.3, 0.4) is 0 Å². The van der Waals surface area contributed by atoms with E-state index >= 15 is 0 Å². The Hall–Kier alpha value is 0.660. The zero-order valence-corrected chi connectivity index (χ0v) is 11.3. The summed E-state index contributed by atoms with van der Waals surface area (Å²) in [6.45, 7) is 0. The molecule has 1 fully saturated rings. The van der Waals surface area contributed by atoms with Gasteiger partial charge in [0, 0.05) is 9.70 Å². The van der Waals surface area contributed by atoms with Crippen molar-refractivity contribution < 1.29 is 0 Å². The topological polar surface area (TPSA) is 0 Å². The minimum Gasteiger partial charge on any atom is -0.133 e. The summed E-state index contributed by atoms with van der Waals surface area (Å²) in [7, 11) is 0. The first-order valence-corrected chi connectivity index (χ1v) is 7.16. The number of halogens is 2. The molecule has 0 amide bonds. The van der Waals surface area contributed by atoms with Crippen LogP contribution in [-0.2, 0) is 6.42 Å². The molecule has 1 heterocycles. The Balaban J connectivity index is 1.78. The fourth-order valence-electron chi connectivity index (χ4n) is 1.46. The summed E-state index contributed by atoms with van der Waals surface area (Å²) in [4.78, 5) is 2.25. The van der Waals surface area contributed by atoms with Crippen LogP contribution in [0.25, 0.3) is 0 Å². The second-order valence-corrected chi connectivity index (χ2v) is 7.32. The van der Waals surface area contributed by atoms with Crippen molar-refractivity contribution in [3.05, 3.63) is 20.8 Å². The van der Waals surface area contributed by atoms with Crippen LogP contribution in [-0.4, -0.2) is 4.83 Å². The molecular weight excluding hydrogens is 312 g/mol. The summed E-state index contributed by atoms with van der Waals surface area (Å²) in [5.74, 6) is 0.975. The van der Waals surface area contributed by atoms with Crippen LogP contribution in [0.2, 0.25) is 0 Å². The Labute approximate surface area is 100.0 Å². The molecule has 0 radical (unpaired) electrons. The van der Waals surface area contributed by atoms with Crippen molar-refractivity contribution in [3.8, 4) is 0 Å². The number of alkyl halides is 1. The van der Waals surface area contributed by atoms with Gasteiger partial charge in [0.25, 0.3) is 0 Å². The fourth-order valence-corrected chi connectivity index (χ4v) is 3.72. The summed E-state index contributed by atoms with van der Waals surface area (Å²) in [5.41, 5.74) is 0. The van der Waals surface area contributed by atoms with Crippen molar-refractivity contribution in [2.24, 2.45) is 5.92 Å². The zero-order chi connectivity index (χ0) is 9.26. The van der Waals surface area contributed by atoms with Gasteiger partial charge in [-0.25, -0.2) is 0 Å². The Bertz CT molecular complexity index is 278. The van der Waals surface area contributed by atoms with Gasteiger partial charge in [0.05, 0.1) is 3.79 Å². The van der Waals surface area contributed by atoms with Crippen LogP contribution in [0.15, 0.2) is 15.9 Å². The van der Waals surface area contributed by atoms with Gasteiger partial charge in [-0.15, -0.1) is 11.3 Å². The standard InChI is InChI=1S/C10H12Br2S/c11-9(7-1-2-7)5-3-8-4-6-10(12)13-8/h4,6-7,9H,1-3,5H2. The lowest BCUT2D eigenvalue weighted by atomic mass is 10.1. The summed E-state index contributed by atoms with van der Waals surface area (Å²) < 4.78 is 1.25. The molecule has 3 heteroatoms. The Kier molecular flexibility index (Phi) is 3.49. The molecule has 0 N–H and O–H groups in total. The predicted octanol–water partition coefficient (Wildman–Crippen LogP) is 4.62. The van der Waals surface area contributed by atoms with Crippen LogP contribution in [0.1, 0.15) is 24.1 Å². The second-order valence-electron chi connectivity index (χ2n) is 3.60. The Morgan fingerprint density at radius 3 is 2.77 bits per heavy atom. The van der Waals surface area contributed by atoms with Crippen molar-refractivity contribution in [2.45, 2.75) is 30.5 Å². The summed E-state index contributed by atoms with van der Waals surface area (Å²) in [6, 6.07) is 4.36. The van der Waals surface area contributed by atoms with Crippen LogP contribution in [0, 0.1) is 5.92 Å². The van der Waals surface area contributed by atoms with Crippen LogP contribution >= 0.6 is 43.2 Å². The number of hydrogen-bond acceptors (Lipinski definition) is 1. The Morgan fingerprint density at radius 1 is 1.46 bits per heavy atom.